The van der Waals surface area contributed by atoms with Crippen molar-refractivity contribution < 1.29 is 24.5 Å². The van der Waals surface area contributed by atoms with Gasteiger partial charge in [-0.05, 0) is 44.9 Å². The van der Waals surface area contributed by atoms with Gasteiger partial charge in [0, 0.05) is 12.8 Å². The fraction of sp³-hybridized carbons (Fsp3) is 0.736. The summed E-state index contributed by atoms with van der Waals surface area (Å²) in [4.78, 5) is 26.0. The molecule has 0 aliphatic heterocycles. The number of amides is 1. The zero-order valence-corrected chi connectivity index (χ0v) is 38.6. The molecule has 0 aromatic carbocycles. The number of esters is 1. The molecule has 0 saturated heterocycles. The average molecular weight is 824 g/mol. The number of aliphatic hydroxyl groups is 2. The number of nitrogens with one attached hydrogen (secondary N) is 1. The SMILES string of the molecule is CC/C=C/C=C/C=C\C=C/C=C/CC(CC(=O)NC(CO)C(O)CCCCCCCCCCCCCCCCCC)OC(=O)CCCCC/C=C\CCCCCCCC. The van der Waals surface area contributed by atoms with Crippen molar-refractivity contribution in [3.8, 4) is 0 Å². The van der Waals surface area contributed by atoms with Crippen molar-refractivity contribution in [2.75, 3.05) is 6.61 Å². The Morgan fingerprint density at radius 1 is 0.525 bits per heavy atom. The van der Waals surface area contributed by atoms with Crippen molar-refractivity contribution in [1.29, 1.82) is 0 Å². The predicted molar refractivity (Wildman–Crippen MR) is 255 cm³/mol. The fourth-order valence-corrected chi connectivity index (χ4v) is 7.15. The monoisotopic (exact) mass is 824 g/mol. The molecule has 0 aromatic rings. The van der Waals surface area contributed by atoms with Gasteiger partial charge >= 0.3 is 5.97 Å². The Morgan fingerprint density at radius 3 is 1.42 bits per heavy atom. The molecule has 3 atom stereocenters. The van der Waals surface area contributed by atoms with Gasteiger partial charge in [0.1, 0.15) is 6.10 Å². The third-order valence-electron chi connectivity index (χ3n) is 10.9. The lowest BCUT2D eigenvalue weighted by Gasteiger charge is -2.24. The number of aliphatic hydroxyl groups excluding tert-OH is 2. The third kappa shape index (κ3) is 41.8. The van der Waals surface area contributed by atoms with E-state index in [1.807, 2.05) is 54.7 Å². The van der Waals surface area contributed by atoms with Gasteiger partial charge in [-0.25, -0.2) is 0 Å². The van der Waals surface area contributed by atoms with Crippen LogP contribution in [0.2, 0.25) is 0 Å². The molecular formula is C53H93NO5. The molecular weight excluding hydrogens is 731 g/mol. The van der Waals surface area contributed by atoms with E-state index in [1.54, 1.807) is 0 Å². The Hall–Kier alpha value is -2.70. The first-order chi connectivity index (χ1) is 29.0. The number of carbonyl (C=O) groups is 2. The van der Waals surface area contributed by atoms with Crippen molar-refractivity contribution in [1.82, 2.24) is 5.32 Å². The van der Waals surface area contributed by atoms with Crippen LogP contribution in [0.25, 0.3) is 0 Å². The Labute approximate surface area is 364 Å². The molecule has 6 heteroatoms. The highest BCUT2D eigenvalue weighted by Crippen LogP contribution is 2.16. The molecule has 3 N–H and O–H groups in total. The summed E-state index contributed by atoms with van der Waals surface area (Å²) in [7, 11) is 0. The molecule has 0 aromatic heterocycles. The normalized spacial score (nSPS) is 13.9. The Bertz CT molecular complexity index is 1110. The first-order valence-electron chi connectivity index (χ1n) is 24.7. The van der Waals surface area contributed by atoms with E-state index in [0.29, 0.717) is 19.3 Å². The minimum atomic E-state index is -0.822. The second kappa shape index (κ2) is 46.4. The number of unbranched alkanes of at least 4 members (excludes halogenated alkanes) is 24. The molecule has 59 heavy (non-hydrogen) atoms. The maximum absolute atomic E-state index is 13.1. The van der Waals surface area contributed by atoms with Crippen molar-refractivity contribution in [3.05, 3.63) is 72.9 Å². The van der Waals surface area contributed by atoms with E-state index in [4.69, 9.17) is 4.74 Å². The summed E-state index contributed by atoms with van der Waals surface area (Å²) in [5.74, 6) is -0.629. The molecule has 340 valence electrons. The van der Waals surface area contributed by atoms with Crippen molar-refractivity contribution in [2.45, 2.75) is 244 Å². The highest BCUT2D eigenvalue weighted by Gasteiger charge is 2.23. The molecule has 0 aliphatic carbocycles. The molecule has 1 amide bonds. The molecule has 3 unspecified atom stereocenters. The zero-order valence-electron chi connectivity index (χ0n) is 38.6. The Kier molecular flexibility index (Phi) is 44.2. The topological polar surface area (TPSA) is 95.9 Å². The van der Waals surface area contributed by atoms with Crippen LogP contribution in [0.1, 0.15) is 226 Å². The van der Waals surface area contributed by atoms with Crippen LogP contribution >= 0.6 is 0 Å². The molecule has 0 heterocycles. The molecule has 0 aliphatic rings. The van der Waals surface area contributed by atoms with E-state index < -0.39 is 18.2 Å². The van der Waals surface area contributed by atoms with E-state index in [2.05, 4.69) is 44.3 Å². The van der Waals surface area contributed by atoms with Gasteiger partial charge in [0.2, 0.25) is 5.91 Å². The van der Waals surface area contributed by atoms with E-state index in [9.17, 15) is 19.8 Å². The van der Waals surface area contributed by atoms with Crippen molar-refractivity contribution in [3.63, 3.8) is 0 Å². The summed E-state index contributed by atoms with van der Waals surface area (Å²) < 4.78 is 5.82. The summed E-state index contributed by atoms with van der Waals surface area (Å²) >= 11 is 0. The molecule has 0 spiro atoms. The first kappa shape index (κ1) is 56.3. The maximum atomic E-state index is 13.1. The van der Waals surface area contributed by atoms with Gasteiger partial charge < -0.3 is 20.3 Å². The van der Waals surface area contributed by atoms with E-state index in [-0.39, 0.29) is 24.9 Å². The minimum Gasteiger partial charge on any atom is -0.461 e. The van der Waals surface area contributed by atoms with E-state index >= 15 is 0 Å². The van der Waals surface area contributed by atoms with Gasteiger partial charge in [0.05, 0.1) is 25.2 Å². The largest absolute Gasteiger partial charge is 0.461 e. The van der Waals surface area contributed by atoms with Gasteiger partial charge in [0.25, 0.3) is 0 Å². The van der Waals surface area contributed by atoms with Crippen LogP contribution < -0.4 is 5.32 Å². The summed E-state index contributed by atoms with van der Waals surface area (Å²) in [5, 5.41) is 23.7. The lowest BCUT2D eigenvalue weighted by atomic mass is 10.0. The van der Waals surface area contributed by atoms with Crippen LogP contribution in [0.15, 0.2) is 72.9 Å². The molecule has 0 bridgehead atoms. The fourth-order valence-electron chi connectivity index (χ4n) is 7.15. The Morgan fingerprint density at radius 2 is 0.949 bits per heavy atom. The van der Waals surface area contributed by atoms with Crippen LogP contribution in [-0.4, -0.2) is 46.9 Å². The lowest BCUT2D eigenvalue weighted by molar-refractivity contribution is -0.150. The van der Waals surface area contributed by atoms with Gasteiger partial charge in [-0.1, -0.05) is 235 Å². The maximum Gasteiger partial charge on any atom is 0.306 e. The van der Waals surface area contributed by atoms with Crippen LogP contribution in [0.4, 0.5) is 0 Å². The highest BCUT2D eigenvalue weighted by atomic mass is 16.5. The predicted octanol–water partition coefficient (Wildman–Crippen LogP) is 14.6. The van der Waals surface area contributed by atoms with Crippen LogP contribution in [0, 0.1) is 0 Å². The summed E-state index contributed by atoms with van der Waals surface area (Å²) in [6.07, 6.45) is 58.5. The van der Waals surface area contributed by atoms with Crippen LogP contribution in [0.5, 0.6) is 0 Å². The first-order valence-corrected chi connectivity index (χ1v) is 24.7. The molecule has 0 fully saturated rings. The summed E-state index contributed by atoms with van der Waals surface area (Å²) in [6, 6.07) is -0.744. The molecule has 0 rings (SSSR count). The number of carbonyl (C=O) groups excluding carboxylic acids is 2. The smallest absolute Gasteiger partial charge is 0.306 e. The van der Waals surface area contributed by atoms with Gasteiger partial charge in [-0.2, -0.15) is 0 Å². The number of allylic oxidation sites excluding steroid dienone is 11. The number of rotatable bonds is 43. The standard InChI is InChI=1S/C53H93NO5/c1-4-7-10-13-16-19-22-24-25-26-28-30-33-36-39-42-45-51(56)50(48-55)54-52(57)47-49(44-41-38-35-32-29-21-18-15-12-9-6-3)59-53(58)46-43-40-37-34-31-27-23-20-17-14-11-8-5-2/h9,12,15,18,21,27,29,31-32,35,38,41,49-51,55-56H,4-8,10-11,13-14,16-17,19-20,22-26,28,30,33-34,36-37,39-40,42-48H2,1-3H3,(H,54,57)/b12-9+,18-15+,29-21-,31-27-,35-32-,41-38+. The van der Waals surface area contributed by atoms with Crippen molar-refractivity contribution in [2.24, 2.45) is 0 Å². The second-order valence-corrected chi connectivity index (χ2v) is 16.6. The minimum absolute atomic E-state index is 0.0264. The zero-order chi connectivity index (χ0) is 43.1. The molecule has 0 radical (unpaired) electrons. The van der Waals surface area contributed by atoms with Crippen LogP contribution in [0.3, 0.4) is 0 Å². The average Bonchev–Trinajstić information content (AvgIpc) is 3.23. The van der Waals surface area contributed by atoms with E-state index in [0.717, 1.165) is 57.8 Å². The van der Waals surface area contributed by atoms with E-state index in [1.165, 1.54) is 122 Å². The molecule has 6 nitrogen and oxygen atoms in total. The number of hydrogen-bond acceptors (Lipinski definition) is 5. The number of hydrogen-bond donors (Lipinski definition) is 3. The summed E-state index contributed by atoms with van der Waals surface area (Å²) in [6.45, 7) is 6.28. The number of ether oxygens (including phenoxy) is 1. The van der Waals surface area contributed by atoms with Gasteiger partial charge in [0.15, 0.2) is 0 Å². The third-order valence-corrected chi connectivity index (χ3v) is 10.9. The summed E-state index contributed by atoms with van der Waals surface area (Å²) in [5.41, 5.74) is 0. The van der Waals surface area contributed by atoms with Gasteiger partial charge in [-0.15, -0.1) is 0 Å². The second-order valence-electron chi connectivity index (χ2n) is 16.6. The molecule has 0 saturated carbocycles. The Balaban J connectivity index is 4.64. The highest BCUT2D eigenvalue weighted by molar-refractivity contribution is 5.77. The quantitative estimate of drug-likeness (QED) is 0.0246. The van der Waals surface area contributed by atoms with Crippen LogP contribution in [-0.2, 0) is 14.3 Å². The van der Waals surface area contributed by atoms with Crippen molar-refractivity contribution >= 4 is 11.9 Å². The van der Waals surface area contributed by atoms with Gasteiger partial charge in [-0.3, -0.25) is 9.59 Å². The lowest BCUT2D eigenvalue weighted by Crippen LogP contribution is -2.46.